The average molecular weight is 383 g/mol. The molecule has 0 N–H and O–H groups in total. The van der Waals surface area contributed by atoms with Crippen molar-refractivity contribution in [3.63, 3.8) is 0 Å². The minimum atomic E-state index is -0.342. The molecule has 3 aromatic carbocycles. The molecule has 4 nitrogen and oxygen atoms in total. The summed E-state index contributed by atoms with van der Waals surface area (Å²) in [5.41, 5.74) is 4.42. The van der Waals surface area contributed by atoms with Gasteiger partial charge in [-0.2, -0.15) is 0 Å². The Morgan fingerprint density at radius 1 is 0.897 bits per heavy atom. The lowest BCUT2D eigenvalue weighted by Gasteiger charge is -2.29. The predicted molar refractivity (Wildman–Crippen MR) is 114 cm³/mol. The van der Waals surface area contributed by atoms with Gasteiger partial charge in [-0.05, 0) is 35.2 Å². The summed E-state index contributed by atoms with van der Waals surface area (Å²) in [5, 5.41) is 0.933. The van der Waals surface area contributed by atoms with Crippen LogP contribution < -0.4 is 10.4 Å². The number of ether oxygens (including phenoxy) is 1. The van der Waals surface area contributed by atoms with Gasteiger partial charge in [0.25, 0.3) is 0 Å². The minimum absolute atomic E-state index is 0.342. The molecular weight excluding hydrogens is 362 g/mol. The van der Waals surface area contributed by atoms with E-state index in [1.807, 2.05) is 48.5 Å². The van der Waals surface area contributed by atoms with E-state index in [4.69, 9.17) is 9.15 Å². The lowest BCUT2D eigenvalue weighted by atomic mass is 9.99. The summed E-state index contributed by atoms with van der Waals surface area (Å²) < 4.78 is 11.7. The Kier molecular flexibility index (Phi) is 4.62. The summed E-state index contributed by atoms with van der Waals surface area (Å²) in [6.07, 6.45) is 0.948. The van der Waals surface area contributed by atoms with Crippen molar-refractivity contribution in [1.29, 1.82) is 0 Å². The number of nitrogens with zero attached hydrogens (tertiary/aromatic N) is 1. The topological polar surface area (TPSA) is 42.7 Å². The average Bonchev–Trinajstić information content (AvgIpc) is 2.78. The third-order valence-electron chi connectivity index (χ3n) is 5.40. The number of hydrogen-bond donors (Lipinski definition) is 0. The molecule has 0 bridgehead atoms. The Bertz CT molecular complexity index is 1200. The van der Waals surface area contributed by atoms with Crippen LogP contribution in [-0.2, 0) is 13.0 Å². The van der Waals surface area contributed by atoms with Gasteiger partial charge in [-0.1, -0.05) is 60.7 Å². The predicted octanol–water partition coefficient (Wildman–Crippen LogP) is 4.85. The number of rotatable bonds is 4. The van der Waals surface area contributed by atoms with Crippen molar-refractivity contribution in [3.8, 4) is 16.9 Å². The molecule has 5 rings (SSSR count). The van der Waals surface area contributed by atoms with Crippen molar-refractivity contribution in [1.82, 2.24) is 4.90 Å². The maximum absolute atomic E-state index is 12.3. The fourth-order valence-corrected chi connectivity index (χ4v) is 3.91. The van der Waals surface area contributed by atoms with Crippen LogP contribution in [0.3, 0.4) is 0 Å². The van der Waals surface area contributed by atoms with Crippen LogP contribution in [0.25, 0.3) is 22.1 Å². The monoisotopic (exact) mass is 383 g/mol. The normalized spacial score (nSPS) is 13.8. The van der Waals surface area contributed by atoms with E-state index in [9.17, 15) is 4.79 Å². The van der Waals surface area contributed by atoms with E-state index >= 15 is 0 Å². The highest BCUT2D eigenvalue weighted by Gasteiger charge is 2.22. The lowest BCUT2D eigenvalue weighted by Crippen LogP contribution is -2.33. The van der Waals surface area contributed by atoms with Gasteiger partial charge in [-0.25, -0.2) is 4.79 Å². The van der Waals surface area contributed by atoms with E-state index in [0.29, 0.717) is 18.9 Å². The Labute approximate surface area is 169 Å². The van der Waals surface area contributed by atoms with E-state index in [0.717, 1.165) is 40.8 Å². The highest BCUT2D eigenvalue weighted by atomic mass is 16.5. The van der Waals surface area contributed by atoms with Crippen LogP contribution in [0.15, 0.2) is 88.1 Å². The van der Waals surface area contributed by atoms with Crippen LogP contribution in [0.1, 0.15) is 11.1 Å². The molecule has 1 aliphatic rings. The Balaban J connectivity index is 1.51. The highest BCUT2D eigenvalue weighted by Crippen LogP contribution is 2.36. The molecule has 0 saturated heterocycles. The van der Waals surface area contributed by atoms with Crippen LogP contribution in [0.4, 0.5) is 0 Å². The molecule has 144 valence electrons. The van der Waals surface area contributed by atoms with Crippen LogP contribution in [0.2, 0.25) is 0 Å². The first kappa shape index (κ1) is 17.7. The molecule has 1 aromatic heterocycles. The van der Waals surface area contributed by atoms with Crippen molar-refractivity contribution in [2.24, 2.45) is 0 Å². The maximum Gasteiger partial charge on any atom is 0.336 e. The Hall–Kier alpha value is -3.37. The summed E-state index contributed by atoms with van der Waals surface area (Å²) in [5.74, 6) is 0.793. The molecule has 4 heteroatoms. The smallest absolute Gasteiger partial charge is 0.336 e. The molecule has 0 saturated carbocycles. The molecule has 2 heterocycles. The molecule has 0 fully saturated rings. The summed E-state index contributed by atoms with van der Waals surface area (Å²) >= 11 is 0. The second-order valence-electron chi connectivity index (χ2n) is 7.33. The Morgan fingerprint density at radius 3 is 2.45 bits per heavy atom. The van der Waals surface area contributed by atoms with Crippen molar-refractivity contribution in [2.45, 2.75) is 13.0 Å². The minimum Gasteiger partial charge on any atom is -0.478 e. The summed E-state index contributed by atoms with van der Waals surface area (Å²) in [6, 6.07) is 25.9. The van der Waals surface area contributed by atoms with Gasteiger partial charge in [0.2, 0.25) is 0 Å². The summed E-state index contributed by atoms with van der Waals surface area (Å²) in [7, 11) is 0. The SMILES string of the molecule is O=c1cc(-c2ccccc2)c2ccc3c(c2o1)CN(CCc1ccccc1)CO3. The molecule has 0 aliphatic carbocycles. The molecule has 29 heavy (non-hydrogen) atoms. The maximum atomic E-state index is 12.3. The van der Waals surface area contributed by atoms with Gasteiger partial charge in [0.05, 0.1) is 5.56 Å². The van der Waals surface area contributed by atoms with Gasteiger partial charge in [0.1, 0.15) is 18.1 Å². The van der Waals surface area contributed by atoms with Crippen molar-refractivity contribution >= 4 is 11.0 Å². The number of benzene rings is 3. The van der Waals surface area contributed by atoms with Gasteiger partial charge in [-0.3, -0.25) is 4.90 Å². The summed E-state index contributed by atoms with van der Waals surface area (Å²) in [6.45, 7) is 2.11. The fourth-order valence-electron chi connectivity index (χ4n) is 3.91. The molecule has 0 amide bonds. The zero-order valence-corrected chi connectivity index (χ0v) is 16.0. The second-order valence-corrected chi connectivity index (χ2v) is 7.33. The van der Waals surface area contributed by atoms with Crippen LogP contribution in [0.5, 0.6) is 5.75 Å². The fraction of sp³-hybridized carbons (Fsp3) is 0.160. The van der Waals surface area contributed by atoms with Crippen LogP contribution >= 0.6 is 0 Å². The van der Waals surface area contributed by atoms with Gasteiger partial charge >= 0.3 is 5.63 Å². The molecular formula is C25H21NO3. The zero-order valence-electron chi connectivity index (χ0n) is 16.0. The molecule has 4 aromatic rings. The third kappa shape index (κ3) is 3.55. The molecule has 0 radical (unpaired) electrons. The van der Waals surface area contributed by atoms with E-state index in [2.05, 4.69) is 29.2 Å². The van der Waals surface area contributed by atoms with E-state index in [-0.39, 0.29) is 5.63 Å². The van der Waals surface area contributed by atoms with E-state index in [1.54, 1.807) is 6.07 Å². The van der Waals surface area contributed by atoms with Gasteiger partial charge < -0.3 is 9.15 Å². The lowest BCUT2D eigenvalue weighted by molar-refractivity contribution is 0.0968. The highest BCUT2D eigenvalue weighted by molar-refractivity contribution is 5.95. The summed E-state index contributed by atoms with van der Waals surface area (Å²) in [4.78, 5) is 14.6. The molecule has 0 spiro atoms. The second kappa shape index (κ2) is 7.57. The first-order chi connectivity index (χ1) is 14.3. The van der Waals surface area contributed by atoms with E-state index in [1.165, 1.54) is 5.56 Å². The number of hydrogen-bond acceptors (Lipinski definition) is 4. The Morgan fingerprint density at radius 2 is 1.66 bits per heavy atom. The van der Waals surface area contributed by atoms with Crippen molar-refractivity contribution in [3.05, 3.63) is 100 Å². The first-order valence-corrected chi connectivity index (χ1v) is 9.82. The van der Waals surface area contributed by atoms with E-state index < -0.39 is 0 Å². The molecule has 1 aliphatic heterocycles. The van der Waals surface area contributed by atoms with Crippen molar-refractivity contribution < 1.29 is 9.15 Å². The standard InChI is InChI=1S/C25H21NO3/c27-24-15-21(19-9-5-2-6-10-19)20-11-12-23-22(25(20)29-24)16-26(17-28-23)14-13-18-7-3-1-4-8-18/h1-12,15H,13-14,16-17H2. The van der Waals surface area contributed by atoms with Gasteiger partial charge in [0.15, 0.2) is 0 Å². The quantitative estimate of drug-likeness (QED) is 0.472. The van der Waals surface area contributed by atoms with Crippen LogP contribution in [0, 0.1) is 0 Å². The molecule has 0 unspecified atom stereocenters. The first-order valence-electron chi connectivity index (χ1n) is 9.82. The third-order valence-corrected chi connectivity index (χ3v) is 5.40. The largest absolute Gasteiger partial charge is 0.478 e. The zero-order chi connectivity index (χ0) is 19.6. The van der Waals surface area contributed by atoms with Gasteiger partial charge in [0, 0.05) is 24.5 Å². The molecule has 0 atom stereocenters. The van der Waals surface area contributed by atoms with Crippen molar-refractivity contribution in [2.75, 3.05) is 13.3 Å². The van der Waals surface area contributed by atoms with Crippen LogP contribution in [-0.4, -0.2) is 18.2 Å². The number of fused-ring (bicyclic) bond motifs is 3. The van der Waals surface area contributed by atoms with Gasteiger partial charge in [-0.15, -0.1) is 0 Å².